The summed E-state index contributed by atoms with van der Waals surface area (Å²) in [5.74, 6) is -0.405. The fraction of sp³-hybridized carbons (Fsp3) is 0.438. The normalized spacial score (nSPS) is 14.0. The van der Waals surface area contributed by atoms with Crippen LogP contribution in [-0.4, -0.2) is 42.4 Å². The predicted octanol–water partition coefficient (Wildman–Crippen LogP) is 2.30. The number of likely N-dealkylation sites (tertiary alicyclic amines) is 1. The van der Waals surface area contributed by atoms with Crippen molar-refractivity contribution in [2.45, 2.75) is 25.7 Å². The number of hydrogen-bond donors (Lipinski definition) is 0. The van der Waals surface area contributed by atoms with Crippen molar-refractivity contribution in [3.8, 4) is 5.75 Å². The molecule has 1 aliphatic heterocycles. The molecule has 1 saturated heterocycles. The molecule has 0 spiro atoms. The molecule has 124 valence electrons. The van der Waals surface area contributed by atoms with Gasteiger partial charge in [0, 0.05) is 23.9 Å². The lowest BCUT2D eigenvalue weighted by Crippen LogP contribution is -2.35. The number of amides is 2. The summed E-state index contributed by atoms with van der Waals surface area (Å²) < 4.78 is 11.3. The van der Waals surface area contributed by atoms with E-state index in [-0.39, 0.29) is 18.9 Å². The smallest absolute Gasteiger partial charge is 0.306 e. The Labute approximate surface area is 142 Å². The highest BCUT2D eigenvalue weighted by atomic mass is 79.9. The van der Waals surface area contributed by atoms with E-state index in [2.05, 4.69) is 15.9 Å². The number of ether oxygens (including phenoxy) is 2. The van der Waals surface area contributed by atoms with E-state index in [1.165, 1.54) is 0 Å². The minimum absolute atomic E-state index is 0.162. The highest BCUT2D eigenvalue weighted by molar-refractivity contribution is 9.10. The Morgan fingerprint density at radius 3 is 2.83 bits per heavy atom. The maximum Gasteiger partial charge on any atom is 0.306 e. The van der Waals surface area contributed by atoms with Crippen LogP contribution < -0.4 is 4.74 Å². The maximum atomic E-state index is 11.7. The first kappa shape index (κ1) is 17.5. The zero-order valence-corrected chi connectivity index (χ0v) is 14.2. The fourth-order valence-corrected chi connectivity index (χ4v) is 2.55. The predicted molar refractivity (Wildman–Crippen MR) is 85.8 cm³/mol. The van der Waals surface area contributed by atoms with Crippen molar-refractivity contribution >= 4 is 33.7 Å². The molecule has 0 radical (unpaired) electrons. The Morgan fingerprint density at radius 2 is 2.13 bits per heavy atom. The molecule has 1 fully saturated rings. The van der Waals surface area contributed by atoms with Gasteiger partial charge in [-0.2, -0.15) is 0 Å². The molecule has 2 rings (SSSR count). The molecule has 1 heterocycles. The Balaban J connectivity index is 1.60. The van der Waals surface area contributed by atoms with Gasteiger partial charge in [-0.1, -0.05) is 22.0 Å². The fourth-order valence-electron chi connectivity index (χ4n) is 2.17. The number of hydrogen-bond acceptors (Lipinski definition) is 5. The summed E-state index contributed by atoms with van der Waals surface area (Å²) in [7, 11) is 0. The molecule has 2 amide bonds. The number of rotatable bonds is 7. The minimum atomic E-state index is -0.470. The summed E-state index contributed by atoms with van der Waals surface area (Å²) in [5, 5.41) is 0. The molecular weight excluding hydrogens is 366 g/mol. The summed E-state index contributed by atoms with van der Waals surface area (Å²) in [6, 6.07) is 7.42. The van der Waals surface area contributed by atoms with Crippen LogP contribution in [0.3, 0.4) is 0 Å². The largest absolute Gasteiger partial charge is 0.494 e. The number of imide groups is 1. The van der Waals surface area contributed by atoms with Gasteiger partial charge in [0.15, 0.2) is 6.61 Å². The van der Waals surface area contributed by atoms with E-state index in [1.807, 2.05) is 24.3 Å². The number of benzene rings is 1. The number of nitrogens with zero attached hydrogens (tertiary/aromatic N) is 1. The first-order chi connectivity index (χ1) is 11.1. The van der Waals surface area contributed by atoms with Gasteiger partial charge in [-0.25, -0.2) is 0 Å². The number of halogens is 1. The molecule has 0 aromatic heterocycles. The number of carbonyl (C=O) groups is 3. The van der Waals surface area contributed by atoms with E-state index in [1.54, 1.807) is 0 Å². The topological polar surface area (TPSA) is 72.9 Å². The molecule has 0 aliphatic carbocycles. The third kappa shape index (κ3) is 5.67. The van der Waals surface area contributed by atoms with E-state index >= 15 is 0 Å². The van der Waals surface area contributed by atoms with Crippen molar-refractivity contribution in [3.63, 3.8) is 0 Å². The lowest BCUT2D eigenvalue weighted by atomic mass is 10.3. The van der Waals surface area contributed by atoms with Gasteiger partial charge in [0.05, 0.1) is 6.61 Å². The maximum absolute atomic E-state index is 11.7. The molecule has 23 heavy (non-hydrogen) atoms. The van der Waals surface area contributed by atoms with Gasteiger partial charge >= 0.3 is 5.97 Å². The van der Waals surface area contributed by atoms with Crippen LogP contribution in [0, 0.1) is 0 Å². The van der Waals surface area contributed by atoms with Gasteiger partial charge in [-0.3, -0.25) is 19.3 Å². The lowest BCUT2D eigenvalue weighted by molar-refractivity contribution is -0.154. The molecule has 1 aliphatic rings. The highest BCUT2D eigenvalue weighted by Crippen LogP contribution is 2.18. The second-order valence-corrected chi connectivity index (χ2v) is 6.03. The summed E-state index contributed by atoms with van der Waals surface area (Å²) in [5.41, 5.74) is 0. The van der Waals surface area contributed by atoms with E-state index in [0.29, 0.717) is 32.4 Å². The third-order valence-electron chi connectivity index (χ3n) is 3.32. The van der Waals surface area contributed by atoms with Gasteiger partial charge < -0.3 is 9.47 Å². The summed E-state index contributed by atoms with van der Waals surface area (Å²) in [6.07, 6.45) is 1.70. The zero-order valence-electron chi connectivity index (χ0n) is 12.6. The average molecular weight is 384 g/mol. The van der Waals surface area contributed by atoms with Crippen LogP contribution in [0.4, 0.5) is 0 Å². The van der Waals surface area contributed by atoms with E-state index in [9.17, 15) is 14.4 Å². The summed E-state index contributed by atoms with van der Waals surface area (Å²) in [4.78, 5) is 35.8. The van der Waals surface area contributed by atoms with Crippen molar-refractivity contribution in [1.82, 2.24) is 4.90 Å². The Hall–Kier alpha value is -1.89. The quantitative estimate of drug-likeness (QED) is 0.533. The average Bonchev–Trinajstić information content (AvgIpc) is 2.95. The molecule has 6 nitrogen and oxygen atoms in total. The van der Waals surface area contributed by atoms with Crippen molar-refractivity contribution in [2.75, 3.05) is 19.8 Å². The van der Waals surface area contributed by atoms with Crippen molar-refractivity contribution < 1.29 is 23.9 Å². The minimum Gasteiger partial charge on any atom is -0.494 e. The van der Waals surface area contributed by atoms with Gasteiger partial charge in [0.25, 0.3) is 5.91 Å². The van der Waals surface area contributed by atoms with Crippen LogP contribution in [0.5, 0.6) is 5.75 Å². The molecule has 1 aromatic carbocycles. The van der Waals surface area contributed by atoms with Crippen LogP contribution in [0.2, 0.25) is 0 Å². The molecule has 0 unspecified atom stereocenters. The summed E-state index contributed by atoms with van der Waals surface area (Å²) >= 11 is 3.35. The number of carbonyl (C=O) groups excluding carboxylic acids is 3. The van der Waals surface area contributed by atoms with Gasteiger partial charge in [-0.15, -0.1) is 0 Å². The van der Waals surface area contributed by atoms with Crippen LogP contribution in [-0.2, 0) is 19.1 Å². The van der Waals surface area contributed by atoms with Crippen molar-refractivity contribution in [1.29, 1.82) is 0 Å². The second-order valence-electron chi connectivity index (χ2n) is 5.11. The van der Waals surface area contributed by atoms with Gasteiger partial charge in [0.2, 0.25) is 5.91 Å². The third-order valence-corrected chi connectivity index (χ3v) is 3.81. The zero-order chi connectivity index (χ0) is 16.7. The van der Waals surface area contributed by atoms with Crippen molar-refractivity contribution in [3.05, 3.63) is 28.7 Å². The number of esters is 1. The Bertz CT molecular complexity index is 590. The molecule has 0 bridgehead atoms. The van der Waals surface area contributed by atoms with Crippen LogP contribution >= 0.6 is 15.9 Å². The van der Waals surface area contributed by atoms with E-state index in [0.717, 1.165) is 15.1 Å². The molecule has 0 N–H and O–H groups in total. The van der Waals surface area contributed by atoms with E-state index < -0.39 is 11.9 Å². The van der Waals surface area contributed by atoms with Crippen molar-refractivity contribution in [2.24, 2.45) is 0 Å². The second kappa shape index (κ2) is 8.67. The molecule has 1 aromatic rings. The van der Waals surface area contributed by atoms with E-state index in [4.69, 9.17) is 9.47 Å². The highest BCUT2D eigenvalue weighted by Gasteiger charge is 2.26. The molecule has 0 atom stereocenters. The molecule has 0 saturated carbocycles. The monoisotopic (exact) mass is 383 g/mol. The van der Waals surface area contributed by atoms with Gasteiger partial charge in [-0.05, 0) is 31.0 Å². The summed E-state index contributed by atoms with van der Waals surface area (Å²) in [6.45, 7) is 0.414. The SMILES string of the molecule is O=C(CCCOc1cccc(Br)c1)OCC(=O)N1CCCC1=O. The van der Waals surface area contributed by atoms with Crippen LogP contribution in [0.25, 0.3) is 0 Å². The first-order valence-corrected chi connectivity index (χ1v) is 8.23. The molecule has 7 heteroatoms. The Morgan fingerprint density at radius 1 is 1.30 bits per heavy atom. The van der Waals surface area contributed by atoms with Crippen LogP contribution in [0.15, 0.2) is 28.7 Å². The molecular formula is C16H18BrNO5. The first-order valence-electron chi connectivity index (χ1n) is 7.43. The lowest BCUT2D eigenvalue weighted by Gasteiger charge is -2.13. The van der Waals surface area contributed by atoms with Gasteiger partial charge in [0.1, 0.15) is 5.75 Å². The Kier molecular flexibility index (Phi) is 6.58. The standard InChI is InChI=1S/C16H18BrNO5/c17-12-4-1-5-13(10-12)22-9-3-7-16(21)23-11-15(20)18-8-2-6-14(18)19/h1,4-5,10H,2-3,6-9,11H2. The van der Waals surface area contributed by atoms with Crippen LogP contribution in [0.1, 0.15) is 25.7 Å².